The molecule has 2 amide bonds. The number of carbonyl (C=O) groups excluding carboxylic acids is 1. The van der Waals surface area contributed by atoms with E-state index in [1.54, 1.807) is 6.92 Å². The van der Waals surface area contributed by atoms with E-state index in [1.807, 2.05) is 20.8 Å². The number of urea groups is 1. The first-order valence-corrected chi connectivity index (χ1v) is 6.47. The van der Waals surface area contributed by atoms with Crippen LogP contribution in [0.5, 0.6) is 0 Å². The summed E-state index contributed by atoms with van der Waals surface area (Å²) in [5, 5.41) is 12.1. The Morgan fingerprint density at radius 3 is 1.83 bits per heavy atom. The van der Waals surface area contributed by atoms with Crippen LogP contribution in [-0.2, 0) is 4.79 Å². The fourth-order valence-electron chi connectivity index (χ4n) is 1.66. The van der Waals surface area contributed by atoms with E-state index in [9.17, 15) is 14.7 Å². The zero-order valence-electron chi connectivity index (χ0n) is 12.3. The fraction of sp³-hybridized carbons (Fsp3) is 0.846. The molecule has 0 saturated heterocycles. The first-order valence-electron chi connectivity index (χ1n) is 6.47. The van der Waals surface area contributed by atoms with Crippen LogP contribution >= 0.6 is 0 Å². The molecule has 0 aliphatic heterocycles. The van der Waals surface area contributed by atoms with Gasteiger partial charge in [0, 0.05) is 12.1 Å². The van der Waals surface area contributed by atoms with Gasteiger partial charge in [0.25, 0.3) is 0 Å². The maximum atomic E-state index is 12.2. The molecule has 106 valence electrons. The Hall–Kier alpha value is -1.26. The van der Waals surface area contributed by atoms with Crippen molar-refractivity contribution in [2.24, 2.45) is 0 Å². The van der Waals surface area contributed by atoms with Gasteiger partial charge in [0.15, 0.2) is 0 Å². The van der Waals surface area contributed by atoms with E-state index < -0.39 is 11.5 Å². The lowest BCUT2D eigenvalue weighted by Crippen LogP contribution is -2.59. The van der Waals surface area contributed by atoms with Crippen molar-refractivity contribution in [2.75, 3.05) is 6.54 Å². The highest BCUT2D eigenvalue weighted by Crippen LogP contribution is 2.18. The van der Waals surface area contributed by atoms with Crippen LogP contribution in [0.25, 0.3) is 0 Å². The number of hydrogen-bond donors (Lipinski definition) is 2. The Morgan fingerprint density at radius 2 is 1.56 bits per heavy atom. The van der Waals surface area contributed by atoms with Crippen molar-refractivity contribution in [2.45, 2.75) is 65.5 Å². The van der Waals surface area contributed by atoms with Gasteiger partial charge in [-0.15, -0.1) is 0 Å². The van der Waals surface area contributed by atoms with Gasteiger partial charge in [-0.3, -0.25) is 0 Å². The summed E-state index contributed by atoms with van der Waals surface area (Å²) in [6.45, 7) is 11.2. The molecule has 0 aromatic rings. The van der Waals surface area contributed by atoms with E-state index in [2.05, 4.69) is 5.32 Å². The van der Waals surface area contributed by atoms with Crippen LogP contribution < -0.4 is 5.32 Å². The second kappa shape index (κ2) is 6.07. The Morgan fingerprint density at radius 1 is 1.11 bits per heavy atom. The molecule has 0 radical (unpaired) electrons. The van der Waals surface area contributed by atoms with Gasteiger partial charge < -0.3 is 15.3 Å². The summed E-state index contributed by atoms with van der Waals surface area (Å²) in [7, 11) is 0. The zero-order valence-corrected chi connectivity index (χ0v) is 12.3. The molecule has 5 heteroatoms. The number of carboxylic acid groups (broad SMARTS) is 1. The molecule has 0 unspecified atom stereocenters. The molecule has 5 nitrogen and oxygen atoms in total. The molecular weight excluding hydrogens is 232 g/mol. The molecule has 0 aromatic heterocycles. The molecule has 0 heterocycles. The predicted octanol–water partition coefficient (Wildman–Crippen LogP) is 2.46. The van der Waals surface area contributed by atoms with Crippen molar-refractivity contribution in [1.82, 2.24) is 10.2 Å². The number of nitrogens with zero attached hydrogens (tertiary/aromatic N) is 1. The van der Waals surface area contributed by atoms with E-state index in [4.69, 9.17) is 0 Å². The Labute approximate surface area is 110 Å². The summed E-state index contributed by atoms with van der Waals surface area (Å²) < 4.78 is 0. The van der Waals surface area contributed by atoms with Gasteiger partial charge >= 0.3 is 12.0 Å². The van der Waals surface area contributed by atoms with Gasteiger partial charge in [-0.1, -0.05) is 13.8 Å². The third-order valence-electron chi connectivity index (χ3n) is 3.73. The fourth-order valence-corrected chi connectivity index (χ4v) is 1.66. The number of hydrogen-bond acceptors (Lipinski definition) is 2. The van der Waals surface area contributed by atoms with E-state index in [0.717, 1.165) is 12.8 Å². The van der Waals surface area contributed by atoms with E-state index in [1.165, 1.54) is 18.7 Å². The number of rotatable bonds is 6. The molecule has 0 saturated carbocycles. The monoisotopic (exact) mass is 258 g/mol. The maximum absolute atomic E-state index is 12.2. The Balaban J connectivity index is 5.00. The third-order valence-corrected chi connectivity index (χ3v) is 3.73. The lowest BCUT2D eigenvalue weighted by Gasteiger charge is -2.38. The summed E-state index contributed by atoms with van der Waals surface area (Å²) in [6, 6.07) is -0.323. The average Bonchev–Trinajstić information content (AvgIpc) is 2.29. The minimum atomic E-state index is -1.21. The summed E-state index contributed by atoms with van der Waals surface area (Å²) in [5.74, 6) is -1.01. The maximum Gasteiger partial charge on any atom is 0.329 e. The number of carboxylic acids is 1. The van der Waals surface area contributed by atoms with Gasteiger partial charge in [-0.25, -0.2) is 9.59 Å². The number of likely N-dealkylation sites (N-methyl/N-ethyl adjacent to an activating group) is 1. The van der Waals surface area contributed by atoms with Crippen molar-refractivity contribution >= 4 is 12.0 Å². The van der Waals surface area contributed by atoms with Gasteiger partial charge in [0.05, 0.1) is 0 Å². The van der Waals surface area contributed by atoms with Crippen LogP contribution in [0.3, 0.4) is 0 Å². The molecule has 0 fully saturated rings. The summed E-state index contributed by atoms with van der Waals surface area (Å²) >= 11 is 0. The molecule has 0 aromatic carbocycles. The SMILES string of the molecule is CCN(C(=O)NC(C)(CC)CC)C(C)(C)C(=O)O. The standard InChI is InChI=1S/C13H26N2O3/c1-7-13(6,8-2)14-11(18)15(9-3)12(4,5)10(16)17/h7-9H2,1-6H3,(H,14,18)(H,16,17). The minimum absolute atomic E-state index is 0.293. The first kappa shape index (κ1) is 16.7. The second-order valence-corrected chi connectivity index (χ2v) is 5.31. The summed E-state index contributed by atoms with van der Waals surface area (Å²) in [5.41, 5.74) is -1.50. The first-order chi connectivity index (χ1) is 8.14. The lowest BCUT2D eigenvalue weighted by molar-refractivity contribution is -0.147. The predicted molar refractivity (Wildman–Crippen MR) is 71.6 cm³/mol. The lowest BCUT2D eigenvalue weighted by atomic mass is 9.95. The molecular formula is C13H26N2O3. The highest BCUT2D eigenvalue weighted by atomic mass is 16.4. The Kier molecular flexibility index (Phi) is 5.64. The van der Waals surface area contributed by atoms with Crippen molar-refractivity contribution in [3.63, 3.8) is 0 Å². The average molecular weight is 258 g/mol. The smallest absolute Gasteiger partial charge is 0.329 e. The molecule has 0 spiro atoms. The molecule has 0 bridgehead atoms. The highest BCUT2D eigenvalue weighted by Gasteiger charge is 2.38. The van der Waals surface area contributed by atoms with E-state index in [0.29, 0.717) is 6.54 Å². The number of carbonyl (C=O) groups is 2. The van der Waals surface area contributed by atoms with Crippen LogP contribution in [0.4, 0.5) is 4.79 Å². The molecule has 2 N–H and O–H groups in total. The highest BCUT2D eigenvalue weighted by molar-refractivity contribution is 5.85. The normalized spacial score (nSPS) is 12.1. The zero-order chi connectivity index (χ0) is 14.6. The van der Waals surface area contributed by atoms with Gasteiger partial charge in [0.2, 0.25) is 0 Å². The van der Waals surface area contributed by atoms with Crippen molar-refractivity contribution < 1.29 is 14.7 Å². The van der Waals surface area contributed by atoms with Gasteiger partial charge in [-0.2, -0.15) is 0 Å². The molecule has 0 atom stereocenters. The van der Waals surface area contributed by atoms with Crippen molar-refractivity contribution in [3.05, 3.63) is 0 Å². The number of aliphatic carboxylic acids is 1. The van der Waals surface area contributed by atoms with E-state index in [-0.39, 0.29) is 11.6 Å². The van der Waals surface area contributed by atoms with Crippen LogP contribution in [-0.4, -0.2) is 39.6 Å². The molecule has 0 rings (SSSR count). The number of nitrogens with one attached hydrogen (secondary N) is 1. The Bertz CT molecular complexity index is 309. The van der Waals surface area contributed by atoms with Gasteiger partial charge in [-0.05, 0) is 40.5 Å². The van der Waals surface area contributed by atoms with Crippen molar-refractivity contribution in [3.8, 4) is 0 Å². The largest absolute Gasteiger partial charge is 0.480 e. The second-order valence-electron chi connectivity index (χ2n) is 5.31. The van der Waals surface area contributed by atoms with E-state index >= 15 is 0 Å². The summed E-state index contributed by atoms with van der Waals surface area (Å²) in [4.78, 5) is 24.8. The van der Waals surface area contributed by atoms with Crippen LogP contribution in [0, 0.1) is 0 Å². The van der Waals surface area contributed by atoms with Crippen LogP contribution in [0.15, 0.2) is 0 Å². The summed E-state index contributed by atoms with van der Waals surface area (Å²) in [6.07, 6.45) is 1.61. The van der Waals surface area contributed by atoms with Crippen LogP contribution in [0.2, 0.25) is 0 Å². The molecule has 0 aliphatic rings. The minimum Gasteiger partial charge on any atom is -0.480 e. The quantitative estimate of drug-likeness (QED) is 0.769. The van der Waals surface area contributed by atoms with Gasteiger partial charge in [0.1, 0.15) is 5.54 Å². The number of amides is 2. The van der Waals surface area contributed by atoms with Crippen molar-refractivity contribution in [1.29, 1.82) is 0 Å². The third kappa shape index (κ3) is 3.62. The molecule has 18 heavy (non-hydrogen) atoms. The molecule has 0 aliphatic carbocycles. The topological polar surface area (TPSA) is 69.6 Å². The van der Waals surface area contributed by atoms with Crippen LogP contribution in [0.1, 0.15) is 54.4 Å².